The number of hydrogen-bond donors (Lipinski definition) is 1. The molecule has 4 unspecified atom stereocenters. The number of amides is 1. The first kappa shape index (κ1) is 14.4. The minimum Gasteiger partial charge on any atom is -0.323 e. The van der Waals surface area contributed by atoms with Gasteiger partial charge in [-0.15, -0.1) is 0 Å². The van der Waals surface area contributed by atoms with Gasteiger partial charge in [0.05, 0.1) is 11.7 Å². The molecule has 2 saturated carbocycles. The highest BCUT2D eigenvalue weighted by atomic mass is 16.2. The van der Waals surface area contributed by atoms with Gasteiger partial charge < -0.3 is 4.90 Å². The van der Waals surface area contributed by atoms with Crippen LogP contribution >= 0.6 is 0 Å². The minimum absolute atomic E-state index is 0.147. The first-order valence-electron chi connectivity index (χ1n) is 8.53. The molecule has 20 heavy (non-hydrogen) atoms. The summed E-state index contributed by atoms with van der Waals surface area (Å²) in [6.45, 7) is 9.23. The molecule has 0 aromatic rings. The molecule has 1 amide bonds. The largest absolute Gasteiger partial charge is 0.323 e. The standard InChI is InChI=1S/C17H30N2O/c1-11(2)9-15-18-17(7-8-17)16(20)19(15)14-6-5-12(3)13(4)10-14/h11-15,18H,5-10H2,1-4H3. The van der Waals surface area contributed by atoms with E-state index in [4.69, 9.17) is 0 Å². The van der Waals surface area contributed by atoms with Crippen LogP contribution in [-0.2, 0) is 4.79 Å². The average molecular weight is 278 g/mol. The molecule has 3 aliphatic rings. The lowest BCUT2D eigenvalue weighted by Gasteiger charge is -2.40. The van der Waals surface area contributed by atoms with Crippen LogP contribution in [0.5, 0.6) is 0 Å². The summed E-state index contributed by atoms with van der Waals surface area (Å²) in [5.41, 5.74) is -0.147. The number of hydrogen-bond acceptors (Lipinski definition) is 2. The third-order valence-corrected chi connectivity index (χ3v) is 5.83. The average Bonchev–Trinajstić information content (AvgIpc) is 3.08. The number of carbonyl (C=O) groups excluding carboxylic acids is 1. The molecule has 2 aliphatic carbocycles. The third-order valence-electron chi connectivity index (χ3n) is 5.83. The lowest BCUT2D eigenvalue weighted by Crippen LogP contribution is -2.47. The Hall–Kier alpha value is -0.570. The van der Waals surface area contributed by atoms with Gasteiger partial charge in [-0.1, -0.05) is 27.7 Å². The summed E-state index contributed by atoms with van der Waals surface area (Å²) in [6.07, 6.45) is 7.15. The molecule has 1 aliphatic heterocycles. The van der Waals surface area contributed by atoms with Crippen LogP contribution in [0, 0.1) is 17.8 Å². The second-order valence-electron chi connectivity index (χ2n) is 8.01. The smallest absolute Gasteiger partial charge is 0.244 e. The Kier molecular flexibility index (Phi) is 3.60. The highest BCUT2D eigenvalue weighted by Gasteiger charge is 2.60. The van der Waals surface area contributed by atoms with E-state index in [0.717, 1.165) is 31.1 Å². The van der Waals surface area contributed by atoms with Crippen LogP contribution in [0.1, 0.15) is 66.2 Å². The summed E-state index contributed by atoms with van der Waals surface area (Å²) >= 11 is 0. The van der Waals surface area contributed by atoms with Crippen molar-refractivity contribution >= 4 is 5.91 Å². The molecule has 3 nitrogen and oxygen atoms in total. The lowest BCUT2D eigenvalue weighted by molar-refractivity contribution is -0.134. The van der Waals surface area contributed by atoms with Gasteiger partial charge in [-0.2, -0.15) is 0 Å². The summed E-state index contributed by atoms with van der Waals surface area (Å²) in [4.78, 5) is 15.1. The maximum absolute atomic E-state index is 12.8. The van der Waals surface area contributed by atoms with E-state index in [9.17, 15) is 4.79 Å². The maximum Gasteiger partial charge on any atom is 0.244 e. The van der Waals surface area contributed by atoms with Crippen molar-refractivity contribution in [1.29, 1.82) is 0 Å². The topological polar surface area (TPSA) is 32.3 Å². The van der Waals surface area contributed by atoms with Crippen LogP contribution in [0.2, 0.25) is 0 Å². The van der Waals surface area contributed by atoms with Crippen molar-refractivity contribution in [2.24, 2.45) is 17.8 Å². The van der Waals surface area contributed by atoms with Gasteiger partial charge >= 0.3 is 0 Å². The molecule has 4 atom stereocenters. The van der Waals surface area contributed by atoms with Crippen molar-refractivity contribution in [3.8, 4) is 0 Å². The SMILES string of the molecule is CC(C)CC1NC2(CC2)C(=O)N1C1CCC(C)C(C)C1. The van der Waals surface area contributed by atoms with Crippen LogP contribution < -0.4 is 5.32 Å². The molecule has 1 N–H and O–H groups in total. The Bertz CT molecular complexity index is 388. The van der Waals surface area contributed by atoms with Crippen molar-refractivity contribution < 1.29 is 4.79 Å². The van der Waals surface area contributed by atoms with Crippen molar-refractivity contribution in [1.82, 2.24) is 10.2 Å². The third kappa shape index (κ3) is 2.38. The highest BCUT2D eigenvalue weighted by Crippen LogP contribution is 2.45. The Morgan fingerprint density at radius 3 is 2.50 bits per heavy atom. The molecule has 3 rings (SSSR count). The van der Waals surface area contributed by atoms with Gasteiger partial charge in [0, 0.05) is 6.04 Å². The second kappa shape index (κ2) is 5.01. The Balaban J connectivity index is 1.76. The van der Waals surface area contributed by atoms with Crippen LogP contribution in [0.3, 0.4) is 0 Å². The predicted octanol–water partition coefficient (Wildman–Crippen LogP) is 3.15. The predicted molar refractivity (Wildman–Crippen MR) is 81.2 cm³/mol. The molecule has 3 fully saturated rings. The van der Waals surface area contributed by atoms with Crippen LogP contribution in [0.4, 0.5) is 0 Å². The zero-order valence-corrected chi connectivity index (χ0v) is 13.5. The number of nitrogens with one attached hydrogen (secondary N) is 1. The van der Waals surface area contributed by atoms with Crippen molar-refractivity contribution in [3.05, 3.63) is 0 Å². The molecule has 0 bridgehead atoms. The second-order valence-corrected chi connectivity index (χ2v) is 8.01. The van der Waals surface area contributed by atoms with Crippen LogP contribution in [-0.4, -0.2) is 28.6 Å². The first-order chi connectivity index (χ1) is 9.43. The van der Waals surface area contributed by atoms with E-state index >= 15 is 0 Å². The number of carbonyl (C=O) groups is 1. The zero-order valence-electron chi connectivity index (χ0n) is 13.5. The van der Waals surface area contributed by atoms with E-state index in [1.165, 1.54) is 19.3 Å². The molecule has 114 valence electrons. The fraction of sp³-hybridized carbons (Fsp3) is 0.941. The monoisotopic (exact) mass is 278 g/mol. The van der Waals surface area contributed by atoms with Crippen LogP contribution in [0.25, 0.3) is 0 Å². The lowest BCUT2D eigenvalue weighted by atomic mass is 9.78. The molecule has 1 saturated heterocycles. The maximum atomic E-state index is 12.8. The summed E-state index contributed by atoms with van der Waals surface area (Å²) in [5.74, 6) is 2.61. The number of nitrogens with zero attached hydrogens (tertiary/aromatic N) is 1. The summed E-state index contributed by atoms with van der Waals surface area (Å²) in [7, 11) is 0. The summed E-state index contributed by atoms with van der Waals surface area (Å²) in [6, 6.07) is 0.477. The van der Waals surface area contributed by atoms with Gasteiger partial charge in [0.15, 0.2) is 0 Å². The normalized spacial score (nSPS) is 39.9. The van der Waals surface area contributed by atoms with Crippen LogP contribution in [0.15, 0.2) is 0 Å². The van der Waals surface area contributed by atoms with E-state index in [2.05, 4.69) is 37.9 Å². The molecule has 0 aromatic heterocycles. The van der Waals surface area contributed by atoms with Crippen molar-refractivity contribution in [3.63, 3.8) is 0 Å². The molecule has 1 spiro atoms. The Morgan fingerprint density at radius 2 is 1.95 bits per heavy atom. The van der Waals surface area contributed by atoms with E-state index < -0.39 is 0 Å². The van der Waals surface area contributed by atoms with E-state index in [1.807, 2.05) is 0 Å². The van der Waals surface area contributed by atoms with Crippen molar-refractivity contribution in [2.45, 2.75) is 84.0 Å². The summed E-state index contributed by atoms with van der Waals surface area (Å²) < 4.78 is 0. The fourth-order valence-corrected chi connectivity index (χ4v) is 4.13. The van der Waals surface area contributed by atoms with Gasteiger partial charge in [-0.25, -0.2) is 0 Å². The molecular weight excluding hydrogens is 248 g/mol. The zero-order chi connectivity index (χ0) is 14.5. The molecular formula is C17H30N2O. The van der Waals surface area contributed by atoms with E-state index in [-0.39, 0.29) is 11.7 Å². The minimum atomic E-state index is -0.147. The van der Waals surface area contributed by atoms with Gasteiger partial charge in [0.2, 0.25) is 5.91 Å². The number of rotatable bonds is 3. The van der Waals surface area contributed by atoms with E-state index in [1.54, 1.807) is 0 Å². The van der Waals surface area contributed by atoms with Crippen molar-refractivity contribution in [2.75, 3.05) is 0 Å². The molecule has 0 aromatic carbocycles. The van der Waals surface area contributed by atoms with E-state index in [0.29, 0.717) is 17.9 Å². The molecule has 3 heteroatoms. The highest BCUT2D eigenvalue weighted by molar-refractivity contribution is 5.92. The first-order valence-corrected chi connectivity index (χ1v) is 8.53. The fourth-order valence-electron chi connectivity index (χ4n) is 4.13. The Morgan fingerprint density at radius 1 is 1.25 bits per heavy atom. The quantitative estimate of drug-likeness (QED) is 0.860. The molecule has 1 heterocycles. The summed E-state index contributed by atoms with van der Waals surface area (Å²) in [5, 5.41) is 3.67. The van der Waals surface area contributed by atoms with Gasteiger partial charge in [-0.05, 0) is 56.3 Å². The van der Waals surface area contributed by atoms with Gasteiger partial charge in [0.1, 0.15) is 0 Å². The van der Waals surface area contributed by atoms with Gasteiger partial charge in [0.25, 0.3) is 0 Å². The Labute approximate surface area is 123 Å². The van der Waals surface area contributed by atoms with Gasteiger partial charge in [-0.3, -0.25) is 10.1 Å². The molecule has 0 radical (unpaired) electrons.